The van der Waals surface area contributed by atoms with Crippen LogP contribution >= 0.6 is 15.9 Å². The summed E-state index contributed by atoms with van der Waals surface area (Å²) in [5.41, 5.74) is 6.46. The quantitative estimate of drug-likeness (QED) is 0.827. The van der Waals surface area contributed by atoms with Crippen LogP contribution in [-0.2, 0) is 11.2 Å². The van der Waals surface area contributed by atoms with Gasteiger partial charge in [0.1, 0.15) is 11.5 Å². The highest BCUT2D eigenvalue weighted by Gasteiger charge is 2.20. The van der Waals surface area contributed by atoms with Gasteiger partial charge in [0, 0.05) is 5.92 Å². The summed E-state index contributed by atoms with van der Waals surface area (Å²) in [5.74, 6) is 1.39. The number of rotatable bonds is 7. The first kappa shape index (κ1) is 16.8. The molecule has 5 heteroatoms. The summed E-state index contributed by atoms with van der Waals surface area (Å²) in [5, 5.41) is 0. The molecule has 0 aromatic heterocycles. The third-order valence-corrected chi connectivity index (χ3v) is 4.07. The first-order valence-corrected chi connectivity index (χ1v) is 7.39. The van der Waals surface area contributed by atoms with Crippen LogP contribution in [0.4, 0.5) is 0 Å². The number of benzene rings is 1. The van der Waals surface area contributed by atoms with Crippen LogP contribution < -0.4 is 15.2 Å². The summed E-state index contributed by atoms with van der Waals surface area (Å²) in [6.07, 6.45) is 1.42. The maximum Gasteiger partial charge on any atom is 0.220 e. The molecule has 4 nitrogen and oxygen atoms in total. The lowest BCUT2D eigenvalue weighted by atomic mass is 9.89. The zero-order valence-electron chi connectivity index (χ0n) is 12.4. The minimum atomic E-state index is -0.247. The monoisotopic (exact) mass is 343 g/mol. The van der Waals surface area contributed by atoms with E-state index in [1.807, 2.05) is 26.0 Å². The van der Waals surface area contributed by atoms with E-state index in [9.17, 15) is 4.79 Å². The predicted octanol–water partition coefficient (Wildman–Crippen LogP) is 3.16. The smallest absolute Gasteiger partial charge is 0.220 e. The second-order valence-electron chi connectivity index (χ2n) is 5.09. The van der Waals surface area contributed by atoms with Crippen molar-refractivity contribution in [1.29, 1.82) is 0 Å². The van der Waals surface area contributed by atoms with Crippen LogP contribution in [-0.4, -0.2) is 20.1 Å². The molecule has 0 aliphatic heterocycles. The van der Waals surface area contributed by atoms with Gasteiger partial charge in [-0.25, -0.2) is 0 Å². The molecule has 0 aliphatic carbocycles. The van der Waals surface area contributed by atoms with E-state index in [-0.39, 0.29) is 17.7 Å². The molecule has 0 bridgehead atoms. The molecule has 0 heterocycles. The molecular weight excluding hydrogens is 322 g/mol. The fourth-order valence-corrected chi connectivity index (χ4v) is 2.72. The van der Waals surface area contributed by atoms with Crippen LogP contribution in [0.1, 0.15) is 25.8 Å². The molecule has 1 unspecified atom stereocenters. The zero-order valence-corrected chi connectivity index (χ0v) is 14.0. The number of ether oxygens (including phenoxy) is 2. The fourth-order valence-electron chi connectivity index (χ4n) is 2.23. The van der Waals surface area contributed by atoms with Crippen LogP contribution in [0.2, 0.25) is 0 Å². The predicted molar refractivity (Wildman–Crippen MR) is 83.1 cm³/mol. The molecule has 112 valence electrons. The summed E-state index contributed by atoms with van der Waals surface area (Å²) in [4.78, 5) is 11.5. The van der Waals surface area contributed by atoms with Crippen molar-refractivity contribution in [3.8, 4) is 11.5 Å². The van der Waals surface area contributed by atoms with Crippen molar-refractivity contribution >= 4 is 21.8 Å². The number of aryl methyl sites for hydroxylation is 1. The Labute approximate surface area is 128 Å². The fraction of sp³-hybridized carbons (Fsp3) is 0.533. The average molecular weight is 344 g/mol. The van der Waals surface area contributed by atoms with Crippen molar-refractivity contribution < 1.29 is 14.3 Å². The lowest BCUT2D eigenvalue weighted by molar-refractivity contribution is -0.123. The molecule has 1 amide bonds. The van der Waals surface area contributed by atoms with Crippen molar-refractivity contribution in [1.82, 2.24) is 0 Å². The van der Waals surface area contributed by atoms with Crippen LogP contribution in [0.25, 0.3) is 0 Å². The molecule has 0 fully saturated rings. The molecule has 0 saturated carbocycles. The van der Waals surface area contributed by atoms with Crippen molar-refractivity contribution in [3.05, 3.63) is 22.2 Å². The van der Waals surface area contributed by atoms with Gasteiger partial charge in [-0.05, 0) is 52.4 Å². The molecule has 1 atom stereocenters. The Hall–Kier alpha value is -1.23. The third kappa shape index (κ3) is 4.13. The van der Waals surface area contributed by atoms with E-state index in [0.29, 0.717) is 6.42 Å². The molecule has 0 spiro atoms. The Morgan fingerprint density at radius 1 is 1.25 bits per heavy atom. The lowest BCUT2D eigenvalue weighted by Crippen LogP contribution is -2.28. The van der Waals surface area contributed by atoms with E-state index in [1.54, 1.807) is 14.2 Å². The number of halogens is 1. The van der Waals surface area contributed by atoms with Crippen molar-refractivity contribution in [2.75, 3.05) is 14.2 Å². The van der Waals surface area contributed by atoms with Gasteiger partial charge in [0.25, 0.3) is 0 Å². The van der Waals surface area contributed by atoms with Crippen molar-refractivity contribution in [2.45, 2.75) is 26.7 Å². The number of carbonyl (C=O) groups excluding carboxylic acids is 1. The number of hydrogen-bond donors (Lipinski definition) is 1. The number of amides is 1. The zero-order chi connectivity index (χ0) is 15.3. The van der Waals surface area contributed by atoms with Gasteiger partial charge in [-0.3, -0.25) is 4.79 Å². The Bertz CT molecular complexity index is 474. The van der Waals surface area contributed by atoms with E-state index >= 15 is 0 Å². The van der Waals surface area contributed by atoms with Crippen LogP contribution in [0.5, 0.6) is 11.5 Å². The van der Waals surface area contributed by atoms with Gasteiger partial charge in [-0.15, -0.1) is 0 Å². The summed E-state index contributed by atoms with van der Waals surface area (Å²) in [6.45, 7) is 4.02. The molecule has 1 aromatic carbocycles. The summed E-state index contributed by atoms with van der Waals surface area (Å²) < 4.78 is 11.5. The number of hydrogen-bond acceptors (Lipinski definition) is 3. The van der Waals surface area contributed by atoms with Gasteiger partial charge in [0.2, 0.25) is 5.91 Å². The molecular formula is C15H22BrNO3. The molecule has 0 aliphatic rings. The minimum absolute atomic E-state index is 0.130. The molecule has 1 aromatic rings. The largest absolute Gasteiger partial charge is 0.496 e. The van der Waals surface area contributed by atoms with Gasteiger partial charge < -0.3 is 15.2 Å². The van der Waals surface area contributed by atoms with Gasteiger partial charge >= 0.3 is 0 Å². The number of methoxy groups -OCH3 is 2. The molecule has 2 N–H and O–H groups in total. The Kier molecular flexibility index (Phi) is 6.33. The molecule has 0 saturated heterocycles. The van der Waals surface area contributed by atoms with E-state index in [1.165, 1.54) is 0 Å². The van der Waals surface area contributed by atoms with Gasteiger partial charge in [-0.1, -0.05) is 13.8 Å². The number of primary amides is 1. The van der Waals surface area contributed by atoms with Crippen LogP contribution in [0, 0.1) is 11.8 Å². The molecule has 0 radical (unpaired) electrons. The molecule has 1 rings (SSSR count). The number of nitrogens with two attached hydrogens (primary N) is 1. The normalized spacial score (nSPS) is 12.3. The van der Waals surface area contributed by atoms with Gasteiger partial charge in [0.15, 0.2) is 0 Å². The van der Waals surface area contributed by atoms with Crippen molar-refractivity contribution in [3.63, 3.8) is 0 Å². The standard InChI is InChI=1S/C15H22BrNO3/c1-9(2)11(15(17)18)6-5-10-7-14(20-4)12(16)8-13(10)19-3/h7-9,11H,5-6H2,1-4H3,(H2,17,18). The Morgan fingerprint density at radius 3 is 2.30 bits per heavy atom. The van der Waals surface area contributed by atoms with Gasteiger partial charge in [-0.2, -0.15) is 0 Å². The summed E-state index contributed by atoms with van der Waals surface area (Å²) in [7, 11) is 3.25. The first-order valence-electron chi connectivity index (χ1n) is 6.60. The van der Waals surface area contributed by atoms with Gasteiger partial charge in [0.05, 0.1) is 18.7 Å². The second-order valence-corrected chi connectivity index (χ2v) is 5.94. The molecule has 20 heavy (non-hydrogen) atoms. The lowest BCUT2D eigenvalue weighted by Gasteiger charge is -2.18. The van der Waals surface area contributed by atoms with Crippen molar-refractivity contribution in [2.24, 2.45) is 17.6 Å². The maximum absolute atomic E-state index is 11.5. The average Bonchev–Trinajstić information content (AvgIpc) is 2.39. The van der Waals surface area contributed by atoms with E-state index in [0.717, 1.165) is 28.0 Å². The van der Waals surface area contributed by atoms with E-state index in [2.05, 4.69) is 15.9 Å². The highest BCUT2D eigenvalue weighted by Crippen LogP contribution is 2.34. The first-order chi connectivity index (χ1) is 9.40. The summed E-state index contributed by atoms with van der Waals surface area (Å²) >= 11 is 3.43. The number of carbonyl (C=O) groups is 1. The minimum Gasteiger partial charge on any atom is -0.496 e. The third-order valence-electron chi connectivity index (χ3n) is 3.45. The van der Waals surface area contributed by atoms with Crippen LogP contribution in [0.3, 0.4) is 0 Å². The summed E-state index contributed by atoms with van der Waals surface area (Å²) in [6, 6.07) is 3.81. The Morgan fingerprint density at radius 2 is 1.85 bits per heavy atom. The highest BCUT2D eigenvalue weighted by atomic mass is 79.9. The van der Waals surface area contributed by atoms with E-state index < -0.39 is 0 Å². The highest BCUT2D eigenvalue weighted by molar-refractivity contribution is 9.10. The SMILES string of the molecule is COc1cc(CCC(C(N)=O)C(C)C)c(OC)cc1Br. The second kappa shape index (κ2) is 7.53. The topological polar surface area (TPSA) is 61.5 Å². The van der Waals surface area contributed by atoms with Crippen LogP contribution in [0.15, 0.2) is 16.6 Å². The maximum atomic E-state index is 11.5. The Balaban J connectivity index is 2.93. The van der Waals surface area contributed by atoms with E-state index in [4.69, 9.17) is 15.2 Å².